The third kappa shape index (κ3) is 4.64. The number of aryl methyl sites for hydroxylation is 1. The monoisotopic (exact) mass is 457 g/mol. The molecule has 0 atom stereocenters. The van der Waals surface area contributed by atoms with E-state index >= 15 is 0 Å². The smallest absolute Gasteiger partial charge is 0.350 e. The van der Waals surface area contributed by atoms with Crippen LogP contribution in [-0.2, 0) is 9.53 Å². The van der Waals surface area contributed by atoms with Crippen LogP contribution in [0.15, 0.2) is 50.8 Å². The summed E-state index contributed by atoms with van der Waals surface area (Å²) in [4.78, 5) is 33.0. The highest BCUT2D eigenvalue weighted by molar-refractivity contribution is 7.99. The second-order valence-corrected chi connectivity index (χ2v) is 7.95. The zero-order valence-electron chi connectivity index (χ0n) is 16.3. The van der Waals surface area contributed by atoms with Gasteiger partial charge in [0.15, 0.2) is 22.3 Å². The normalized spacial score (nSPS) is 10.8. The van der Waals surface area contributed by atoms with E-state index in [0.29, 0.717) is 43.8 Å². The van der Waals surface area contributed by atoms with Crippen LogP contribution in [0.4, 0.5) is 5.13 Å². The Morgan fingerprint density at radius 2 is 1.81 bits per heavy atom. The minimum Gasteiger partial charge on any atom is -0.465 e. The van der Waals surface area contributed by atoms with Gasteiger partial charge in [0.1, 0.15) is 10.6 Å². The minimum atomic E-state index is -0.494. The van der Waals surface area contributed by atoms with Crippen LogP contribution in [-0.4, -0.2) is 44.9 Å². The number of methoxy groups -OCH3 is 1. The van der Waals surface area contributed by atoms with Crippen LogP contribution in [0.25, 0.3) is 22.9 Å². The predicted molar refractivity (Wildman–Crippen MR) is 113 cm³/mol. The maximum absolute atomic E-state index is 12.3. The van der Waals surface area contributed by atoms with E-state index in [9.17, 15) is 9.59 Å². The van der Waals surface area contributed by atoms with E-state index in [1.54, 1.807) is 31.2 Å². The largest absolute Gasteiger partial charge is 0.465 e. The molecule has 31 heavy (non-hydrogen) atoms. The van der Waals surface area contributed by atoms with Gasteiger partial charge in [0.2, 0.25) is 11.1 Å². The summed E-state index contributed by atoms with van der Waals surface area (Å²) in [6.07, 6.45) is 3.06. The molecule has 12 heteroatoms. The van der Waals surface area contributed by atoms with E-state index in [1.165, 1.54) is 19.6 Å². The second kappa shape index (κ2) is 9.10. The molecule has 4 heterocycles. The first-order chi connectivity index (χ1) is 15.0. The molecule has 0 aromatic carbocycles. The number of anilines is 1. The Morgan fingerprint density at radius 1 is 1.10 bits per heavy atom. The number of esters is 1. The van der Waals surface area contributed by atoms with Crippen LogP contribution in [0.2, 0.25) is 0 Å². The number of carbonyl (C=O) groups excluding carboxylic acids is 2. The van der Waals surface area contributed by atoms with Crippen LogP contribution in [0, 0.1) is 6.92 Å². The van der Waals surface area contributed by atoms with Gasteiger partial charge in [-0.25, -0.2) is 14.8 Å². The molecular formula is C19H15N5O5S2. The number of aromatic nitrogens is 4. The van der Waals surface area contributed by atoms with Crippen molar-refractivity contribution < 1.29 is 23.2 Å². The summed E-state index contributed by atoms with van der Waals surface area (Å²) in [7, 11) is 1.29. The number of thiazole rings is 1. The predicted octanol–water partition coefficient (Wildman–Crippen LogP) is 3.67. The molecule has 0 unspecified atom stereocenters. The molecular weight excluding hydrogens is 442 g/mol. The average molecular weight is 457 g/mol. The van der Waals surface area contributed by atoms with Crippen molar-refractivity contribution in [3.8, 4) is 22.9 Å². The van der Waals surface area contributed by atoms with Gasteiger partial charge in [-0.2, -0.15) is 0 Å². The molecule has 0 spiro atoms. The number of thioether (sulfide) groups is 1. The Kier molecular flexibility index (Phi) is 6.09. The number of carbonyl (C=O) groups is 2. The molecule has 0 aliphatic carbocycles. The van der Waals surface area contributed by atoms with Gasteiger partial charge in [-0.3, -0.25) is 4.79 Å². The average Bonchev–Trinajstić information content (AvgIpc) is 3.54. The van der Waals surface area contributed by atoms with Crippen LogP contribution in [0.3, 0.4) is 0 Å². The quantitative estimate of drug-likeness (QED) is 0.323. The molecule has 4 rings (SSSR count). The van der Waals surface area contributed by atoms with Crippen molar-refractivity contribution >= 4 is 40.1 Å². The molecule has 0 aliphatic rings. The van der Waals surface area contributed by atoms with Crippen molar-refractivity contribution in [1.82, 2.24) is 20.2 Å². The summed E-state index contributed by atoms with van der Waals surface area (Å²) < 4.78 is 15.6. The molecule has 1 amide bonds. The Morgan fingerprint density at radius 3 is 2.45 bits per heavy atom. The second-order valence-electron chi connectivity index (χ2n) is 6.01. The lowest BCUT2D eigenvalue weighted by Gasteiger charge is -2.05. The fraction of sp³-hybridized carbons (Fsp3) is 0.158. The summed E-state index contributed by atoms with van der Waals surface area (Å²) >= 11 is 2.15. The minimum absolute atomic E-state index is 0.0194. The maximum Gasteiger partial charge on any atom is 0.350 e. The Hall–Kier alpha value is -3.51. The van der Waals surface area contributed by atoms with Crippen LogP contribution in [0.5, 0.6) is 0 Å². The van der Waals surface area contributed by atoms with E-state index in [4.69, 9.17) is 13.6 Å². The molecule has 0 radical (unpaired) electrons. The molecule has 4 aromatic heterocycles. The molecule has 1 N–H and O–H groups in total. The van der Waals surface area contributed by atoms with E-state index in [2.05, 4.69) is 25.5 Å². The number of furan rings is 2. The highest BCUT2D eigenvalue weighted by Gasteiger charge is 2.19. The molecule has 0 bridgehead atoms. The van der Waals surface area contributed by atoms with Crippen LogP contribution >= 0.6 is 23.1 Å². The highest BCUT2D eigenvalue weighted by atomic mass is 32.2. The lowest BCUT2D eigenvalue weighted by Crippen LogP contribution is -2.14. The molecule has 10 nitrogen and oxygen atoms in total. The van der Waals surface area contributed by atoms with Gasteiger partial charge in [-0.05, 0) is 31.2 Å². The van der Waals surface area contributed by atoms with Gasteiger partial charge < -0.3 is 18.9 Å². The Bertz CT molecular complexity index is 1200. The number of ether oxygens (including phenoxy) is 1. The van der Waals surface area contributed by atoms with Crippen LogP contribution in [0.1, 0.15) is 15.4 Å². The Balaban J connectivity index is 1.47. The molecule has 0 saturated heterocycles. The van der Waals surface area contributed by atoms with E-state index in [0.717, 1.165) is 23.1 Å². The van der Waals surface area contributed by atoms with Gasteiger partial charge in [0.25, 0.3) is 0 Å². The number of nitrogens with one attached hydrogen (secondary N) is 1. The topological polar surface area (TPSA) is 133 Å². The third-order valence-electron chi connectivity index (χ3n) is 3.92. The van der Waals surface area contributed by atoms with Gasteiger partial charge in [0, 0.05) is 0 Å². The van der Waals surface area contributed by atoms with Crippen molar-refractivity contribution in [2.24, 2.45) is 0 Å². The molecule has 0 aliphatic heterocycles. The first-order valence-corrected chi connectivity index (χ1v) is 10.7. The van der Waals surface area contributed by atoms with E-state index in [-0.39, 0.29) is 11.7 Å². The van der Waals surface area contributed by atoms with Gasteiger partial charge in [0.05, 0.1) is 31.1 Å². The van der Waals surface area contributed by atoms with E-state index < -0.39 is 5.97 Å². The van der Waals surface area contributed by atoms with Crippen LogP contribution < -0.4 is 5.32 Å². The first-order valence-electron chi connectivity index (χ1n) is 8.86. The van der Waals surface area contributed by atoms with Crippen molar-refractivity contribution in [3.63, 3.8) is 0 Å². The molecule has 4 aromatic rings. The highest BCUT2D eigenvalue weighted by Crippen LogP contribution is 2.30. The third-order valence-corrected chi connectivity index (χ3v) is 5.81. The van der Waals surface area contributed by atoms with Crippen molar-refractivity contribution in [2.75, 3.05) is 18.2 Å². The lowest BCUT2D eigenvalue weighted by molar-refractivity contribution is -0.113. The summed E-state index contributed by atoms with van der Waals surface area (Å²) in [5.41, 5.74) is 1.38. The van der Waals surface area contributed by atoms with Gasteiger partial charge in [-0.15, -0.1) is 10.2 Å². The molecule has 158 valence electrons. The summed E-state index contributed by atoms with van der Waals surface area (Å²) in [6.45, 7) is 1.67. The zero-order valence-corrected chi connectivity index (χ0v) is 18.0. The summed E-state index contributed by atoms with van der Waals surface area (Å²) in [6, 6.07) is 6.97. The van der Waals surface area contributed by atoms with Crippen molar-refractivity contribution in [3.05, 3.63) is 47.4 Å². The number of hydrogen-bond acceptors (Lipinski definition) is 11. The molecule has 0 saturated carbocycles. The van der Waals surface area contributed by atoms with Crippen molar-refractivity contribution in [2.45, 2.75) is 12.1 Å². The van der Waals surface area contributed by atoms with E-state index in [1.807, 2.05) is 0 Å². The Labute approximate surface area is 184 Å². The van der Waals surface area contributed by atoms with Gasteiger partial charge in [-0.1, -0.05) is 23.1 Å². The number of rotatable bonds is 7. The molecule has 0 fully saturated rings. The summed E-state index contributed by atoms with van der Waals surface area (Å²) in [5, 5.41) is 11.5. The fourth-order valence-electron chi connectivity index (χ4n) is 2.55. The zero-order chi connectivity index (χ0) is 21.8. The van der Waals surface area contributed by atoms with Crippen molar-refractivity contribution in [1.29, 1.82) is 0 Å². The number of nitrogens with zero attached hydrogens (tertiary/aromatic N) is 4. The maximum atomic E-state index is 12.3. The lowest BCUT2D eigenvalue weighted by atomic mass is 10.2. The van der Waals surface area contributed by atoms with Gasteiger partial charge >= 0.3 is 5.97 Å². The fourth-order valence-corrected chi connectivity index (χ4v) is 4.04. The number of amides is 1. The number of hydrogen-bond donors (Lipinski definition) is 1. The summed E-state index contributed by atoms with van der Waals surface area (Å²) in [5.74, 6) is 0.202. The first kappa shape index (κ1) is 20.8. The SMILES string of the molecule is COC(=O)c1sc(NC(=O)CSc2nnc(-c3ccco3)c(-c3ccco3)n2)nc1C. The standard InChI is InChI=1S/C19H15N5O5S2/c1-10-16(17(26)27-2)31-18(20-10)21-13(25)9-30-19-22-14(11-5-3-7-28-11)15(23-24-19)12-6-4-8-29-12/h3-8H,9H2,1-2H3,(H,20,21,25).